The maximum absolute atomic E-state index is 12.2. The van der Waals surface area contributed by atoms with Crippen LogP contribution in [0.5, 0.6) is 0 Å². The Labute approximate surface area is 114 Å². The SMILES string of the molecule is CCC(C)(C)OS(=O)(=O)c1ccc2ccccc2c1. The van der Waals surface area contributed by atoms with Crippen LogP contribution < -0.4 is 0 Å². The predicted molar refractivity (Wildman–Crippen MR) is 76.6 cm³/mol. The summed E-state index contributed by atoms with van der Waals surface area (Å²) in [5.41, 5.74) is -0.690. The first-order valence-corrected chi connectivity index (χ1v) is 7.69. The molecule has 0 spiro atoms. The van der Waals surface area contributed by atoms with Crippen LogP contribution in [0.3, 0.4) is 0 Å². The van der Waals surface area contributed by atoms with Crippen molar-refractivity contribution in [3.63, 3.8) is 0 Å². The van der Waals surface area contributed by atoms with Crippen LogP contribution in [0.1, 0.15) is 27.2 Å². The summed E-state index contributed by atoms with van der Waals surface area (Å²) in [6, 6.07) is 12.7. The fourth-order valence-corrected chi connectivity index (χ4v) is 3.04. The zero-order valence-electron chi connectivity index (χ0n) is 11.4. The topological polar surface area (TPSA) is 43.4 Å². The third-order valence-corrected chi connectivity index (χ3v) is 4.70. The fraction of sp³-hybridized carbons (Fsp3) is 0.333. The summed E-state index contributed by atoms with van der Waals surface area (Å²) in [4.78, 5) is 0.202. The molecule has 4 heteroatoms. The van der Waals surface area contributed by atoms with Gasteiger partial charge in [-0.05, 0) is 43.2 Å². The van der Waals surface area contributed by atoms with Crippen molar-refractivity contribution in [3.8, 4) is 0 Å². The van der Waals surface area contributed by atoms with E-state index >= 15 is 0 Å². The Bertz CT molecular complexity index is 687. The second-order valence-electron chi connectivity index (χ2n) is 5.16. The lowest BCUT2D eigenvalue weighted by atomic mass is 10.1. The molecule has 0 heterocycles. The van der Waals surface area contributed by atoms with Gasteiger partial charge < -0.3 is 0 Å². The summed E-state index contributed by atoms with van der Waals surface area (Å²) in [6.07, 6.45) is 0.625. The second kappa shape index (κ2) is 4.94. The van der Waals surface area contributed by atoms with Crippen LogP contribution in [-0.4, -0.2) is 14.0 Å². The zero-order chi connectivity index (χ0) is 14.1. The third-order valence-electron chi connectivity index (χ3n) is 3.20. The molecule has 0 bridgehead atoms. The van der Waals surface area contributed by atoms with Crippen molar-refractivity contribution in [1.82, 2.24) is 0 Å². The summed E-state index contributed by atoms with van der Waals surface area (Å²) in [5, 5.41) is 1.90. The van der Waals surface area contributed by atoms with E-state index in [9.17, 15) is 8.42 Å². The van der Waals surface area contributed by atoms with Gasteiger partial charge in [-0.1, -0.05) is 37.3 Å². The van der Waals surface area contributed by atoms with E-state index in [-0.39, 0.29) is 4.90 Å². The van der Waals surface area contributed by atoms with Gasteiger partial charge in [0.05, 0.1) is 10.5 Å². The molecule has 0 unspecified atom stereocenters. The van der Waals surface area contributed by atoms with Gasteiger partial charge in [0.15, 0.2) is 0 Å². The summed E-state index contributed by atoms with van der Waals surface area (Å²) in [6.45, 7) is 5.44. The van der Waals surface area contributed by atoms with Crippen LogP contribution in [0.15, 0.2) is 47.4 Å². The molecule has 0 aliphatic rings. The standard InChI is InChI=1S/C15H18O3S/c1-4-15(2,3)18-19(16,17)14-10-9-12-7-5-6-8-13(12)11-14/h5-11H,4H2,1-3H3. The Morgan fingerprint density at radius 2 is 1.68 bits per heavy atom. The van der Waals surface area contributed by atoms with Gasteiger partial charge in [0.25, 0.3) is 10.1 Å². The minimum atomic E-state index is -3.72. The Morgan fingerprint density at radius 3 is 2.32 bits per heavy atom. The second-order valence-corrected chi connectivity index (χ2v) is 6.71. The van der Waals surface area contributed by atoms with E-state index in [0.717, 1.165) is 10.8 Å². The molecule has 0 radical (unpaired) electrons. The monoisotopic (exact) mass is 278 g/mol. The molecule has 2 rings (SSSR count). The maximum atomic E-state index is 12.2. The van der Waals surface area contributed by atoms with E-state index in [4.69, 9.17) is 4.18 Å². The highest BCUT2D eigenvalue weighted by Gasteiger charge is 2.26. The fourth-order valence-electron chi connectivity index (χ4n) is 1.73. The van der Waals surface area contributed by atoms with Crippen LogP contribution >= 0.6 is 0 Å². The third kappa shape index (κ3) is 3.14. The summed E-state index contributed by atoms with van der Waals surface area (Å²) in [5.74, 6) is 0. The van der Waals surface area contributed by atoms with Crippen molar-refractivity contribution >= 4 is 20.9 Å². The van der Waals surface area contributed by atoms with Crippen LogP contribution in [0.25, 0.3) is 10.8 Å². The average molecular weight is 278 g/mol. The molecule has 3 nitrogen and oxygen atoms in total. The summed E-state index contributed by atoms with van der Waals surface area (Å²) < 4.78 is 29.7. The van der Waals surface area contributed by atoms with E-state index in [1.807, 2.05) is 31.2 Å². The molecule has 0 aliphatic heterocycles. The van der Waals surface area contributed by atoms with Gasteiger partial charge in [-0.25, -0.2) is 0 Å². The molecule has 19 heavy (non-hydrogen) atoms. The molecular formula is C15H18O3S. The Morgan fingerprint density at radius 1 is 1.05 bits per heavy atom. The van der Waals surface area contributed by atoms with Crippen molar-refractivity contribution in [2.24, 2.45) is 0 Å². The van der Waals surface area contributed by atoms with E-state index < -0.39 is 15.7 Å². The highest BCUT2D eigenvalue weighted by atomic mass is 32.2. The zero-order valence-corrected chi connectivity index (χ0v) is 12.2. The van der Waals surface area contributed by atoms with Gasteiger partial charge in [0.1, 0.15) is 0 Å². The van der Waals surface area contributed by atoms with E-state index in [1.54, 1.807) is 32.0 Å². The van der Waals surface area contributed by atoms with Gasteiger partial charge in [0.2, 0.25) is 0 Å². The quantitative estimate of drug-likeness (QED) is 0.800. The molecule has 2 aromatic carbocycles. The highest BCUT2D eigenvalue weighted by molar-refractivity contribution is 7.86. The number of rotatable bonds is 4. The molecule has 0 N–H and O–H groups in total. The highest BCUT2D eigenvalue weighted by Crippen LogP contribution is 2.25. The van der Waals surface area contributed by atoms with Crippen molar-refractivity contribution < 1.29 is 12.6 Å². The van der Waals surface area contributed by atoms with E-state index in [0.29, 0.717) is 6.42 Å². The lowest BCUT2D eigenvalue weighted by molar-refractivity contribution is 0.114. The first-order chi connectivity index (χ1) is 8.84. The molecule has 0 amide bonds. The minimum Gasteiger partial charge on any atom is -0.260 e. The summed E-state index contributed by atoms with van der Waals surface area (Å²) in [7, 11) is -3.72. The average Bonchev–Trinajstić information content (AvgIpc) is 2.37. The molecule has 102 valence electrons. The van der Waals surface area contributed by atoms with Crippen molar-refractivity contribution in [2.75, 3.05) is 0 Å². The van der Waals surface area contributed by atoms with Crippen molar-refractivity contribution in [3.05, 3.63) is 42.5 Å². The van der Waals surface area contributed by atoms with Gasteiger partial charge in [-0.15, -0.1) is 0 Å². The van der Waals surface area contributed by atoms with Gasteiger partial charge in [-0.2, -0.15) is 8.42 Å². The molecule has 2 aromatic rings. The first kappa shape index (κ1) is 14.0. The predicted octanol–water partition coefficient (Wildman–Crippen LogP) is 3.73. The lowest BCUT2D eigenvalue weighted by Gasteiger charge is -2.22. The number of hydrogen-bond acceptors (Lipinski definition) is 3. The van der Waals surface area contributed by atoms with Gasteiger partial charge in [0, 0.05) is 0 Å². The van der Waals surface area contributed by atoms with Crippen molar-refractivity contribution in [1.29, 1.82) is 0 Å². The molecule has 0 saturated heterocycles. The largest absolute Gasteiger partial charge is 0.297 e. The molecule has 0 aliphatic carbocycles. The van der Waals surface area contributed by atoms with E-state index in [1.165, 1.54) is 0 Å². The lowest BCUT2D eigenvalue weighted by Crippen LogP contribution is -2.27. The minimum absolute atomic E-state index is 0.202. The molecule has 0 atom stereocenters. The van der Waals surface area contributed by atoms with Crippen LogP contribution in [0.4, 0.5) is 0 Å². The normalized spacial score (nSPS) is 12.8. The number of hydrogen-bond donors (Lipinski definition) is 0. The molecular weight excluding hydrogens is 260 g/mol. The van der Waals surface area contributed by atoms with Crippen LogP contribution in [0.2, 0.25) is 0 Å². The first-order valence-electron chi connectivity index (χ1n) is 6.28. The number of benzene rings is 2. The molecule has 0 aromatic heterocycles. The van der Waals surface area contributed by atoms with Gasteiger partial charge >= 0.3 is 0 Å². The van der Waals surface area contributed by atoms with Crippen LogP contribution in [0, 0.1) is 0 Å². The molecule has 0 saturated carbocycles. The van der Waals surface area contributed by atoms with Crippen LogP contribution in [-0.2, 0) is 14.3 Å². The maximum Gasteiger partial charge on any atom is 0.297 e. The molecule has 0 fully saturated rings. The number of fused-ring (bicyclic) bond motifs is 1. The Balaban J connectivity index is 2.43. The summed E-state index contributed by atoms with van der Waals surface area (Å²) >= 11 is 0. The van der Waals surface area contributed by atoms with Gasteiger partial charge in [-0.3, -0.25) is 4.18 Å². The smallest absolute Gasteiger partial charge is 0.260 e. The van der Waals surface area contributed by atoms with E-state index in [2.05, 4.69) is 0 Å². The van der Waals surface area contributed by atoms with Crippen molar-refractivity contribution in [2.45, 2.75) is 37.7 Å². The Kier molecular flexibility index (Phi) is 3.65. The Hall–Kier alpha value is -1.39.